The number of phenols is 1. The van der Waals surface area contributed by atoms with Gasteiger partial charge in [-0.15, -0.1) is 0 Å². The van der Waals surface area contributed by atoms with Gasteiger partial charge in [-0.25, -0.2) is 19.9 Å². The van der Waals surface area contributed by atoms with Crippen LogP contribution in [0, 0.1) is 0 Å². The zero-order valence-electron chi connectivity index (χ0n) is 36.5. The molecular formula is C48H49BrF6N6O6. The lowest BCUT2D eigenvalue weighted by atomic mass is 10.1. The molecule has 19 heteroatoms. The van der Waals surface area contributed by atoms with Gasteiger partial charge in [0.15, 0.2) is 0 Å². The molecule has 12 nitrogen and oxygen atoms in total. The zero-order valence-corrected chi connectivity index (χ0v) is 38.1. The first kappa shape index (κ1) is 50.2. The molecule has 0 unspecified atom stereocenters. The monoisotopic (exact) mass is 998 g/mol. The lowest BCUT2D eigenvalue weighted by Crippen LogP contribution is -2.26. The van der Waals surface area contributed by atoms with Gasteiger partial charge >= 0.3 is 12.4 Å². The number of aromatic nitrogens is 4. The van der Waals surface area contributed by atoms with Gasteiger partial charge in [0.05, 0.1) is 60.2 Å². The molecule has 2 aliphatic rings. The van der Waals surface area contributed by atoms with Crippen molar-refractivity contribution in [3.05, 3.63) is 148 Å². The molecule has 0 spiro atoms. The number of anilines is 2. The van der Waals surface area contributed by atoms with Crippen molar-refractivity contribution in [1.82, 2.24) is 19.9 Å². The Balaban J connectivity index is 0.000000191. The zero-order chi connectivity index (χ0) is 48.1. The topological polar surface area (TPSA) is 146 Å². The number of aromatic hydroxyl groups is 1. The van der Waals surface area contributed by atoms with Crippen LogP contribution in [0.15, 0.2) is 114 Å². The van der Waals surface area contributed by atoms with Gasteiger partial charge in [0.25, 0.3) is 0 Å². The smallest absolute Gasteiger partial charge is 0.417 e. The molecule has 4 aromatic heterocycles. The van der Waals surface area contributed by atoms with Crippen molar-refractivity contribution in [2.45, 2.75) is 77.3 Å². The second kappa shape index (κ2) is 23.0. The average Bonchev–Trinajstić information content (AvgIpc) is 3.99. The normalized spacial score (nSPS) is 15.9. The molecule has 0 bridgehead atoms. The third kappa shape index (κ3) is 13.9. The van der Waals surface area contributed by atoms with Crippen LogP contribution >= 0.6 is 15.9 Å². The van der Waals surface area contributed by atoms with E-state index < -0.39 is 23.5 Å². The van der Waals surface area contributed by atoms with E-state index in [4.69, 9.17) is 19.3 Å². The summed E-state index contributed by atoms with van der Waals surface area (Å²) in [6.45, 7) is 6.01. The van der Waals surface area contributed by atoms with Crippen molar-refractivity contribution in [2.24, 2.45) is 0 Å². The fourth-order valence-corrected chi connectivity index (χ4v) is 7.63. The van der Waals surface area contributed by atoms with E-state index in [2.05, 4.69) is 35.9 Å². The highest BCUT2D eigenvalue weighted by molar-refractivity contribution is 9.10. The van der Waals surface area contributed by atoms with Crippen LogP contribution in [0.3, 0.4) is 0 Å². The quantitative estimate of drug-likeness (QED) is 0.0792. The van der Waals surface area contributed by atoms with E-state index in [9.17, 15) is 36.6 Å². The number of halogens is 7. The molecule has 2 atom stereocenters. The van der Waals surface area contributed by atoms with Crippen molar-refractivity contribution >= 4 is 27.3 Å². The van der Waals surface area contributed by atoms with E-state index in [1.165, 1.54) is 12.1 Å². The van der Waals surface area contributed by atoms with Gasteiger partial charge in [0, 0.05) is 56.5 Å². The molecule has 356 valence electrons. The minimum Gasteiger partial charge on any atom is -0.508 e. The number of benzene rings is 2. The van der Waals surface area contributed by atoms with Gasteiger partial charge in [0.1, 0.15) is 28.3 Å². The standard InChI is InChI=1S/C24H24F3N3O3.C16H15BrF3N3O2.C8H10O/c1-2-16-5-3-4-6-21(16)33-23-10-8-20(19(15-31)29-23)30-12-11-18(14-30)32-22-9-7-17(13-28-22)24(25,26)27;17-14-3-2-13(12(9-24)22-14)23-6-5-11(8-23)25-15-4-1-10(7-21-15)16(18,19)20;1-2-7-5-3-4-6-8(7)9/h3-10,13,18,31H,2,11-12,14-15H2,1H3;1-4,7,11,24H,5-6,8-9H2;3-6,9H,2H2,1H3/t18-;11-;/m00./s1. The van der Waals surface area contributed by atoms with Crippen LogP contribution in [0.1, 0.15) is 60.3 Å². The SMILES string of the molecule is CCc1ccccc1O.CCc1ccccc1Oc1ccc(N2CC[C@H](Oc3ccc(C(F)(F)F)cn3)C2)c(CO)n1.OCc1nc(Br)ccc1N1CC[C@H](Oc2ccc(C(F)(F)F)cn2)C1. The predicted octanol–water partition coefficient (Wildman–Crippen LogP) is 10.4. The number of phenolic OH excluding ortho intramolecular Hbond substituents is 1. The van der Waals surface area contributed by atoms with Gasteiger partial charge in [0.2, 0.25) is 17.6 Å². The Morgan fingerprint density at radius 3 is 1.55 bits per heavy atom. The second-order valence-electron chi connectivity index (χ2n) is 15.3. The molecule has 0 saturated carbocycles. The summed E-state index contributed by atoms with van der Waals surface area (Å²) in [4.78, 5) is 20.3. The second-order valence-corrected chi connectivity index (χ2v) is 16.1. The van der Waals surface area contributed by atoms with Crippen LogP contribution in [0.5, 0.6) is 29.1 Å². The number of aliphatic hydroxyl groups is 2. The van der Waals surface area contributed by atoms with Crippen LogP contribution in [-0.4, -0.2) is 73.6 Å². The van der Waals surface area contributed by atoms with Crippen molar-refractivity contribution in [3.8, 4) is 29.1 Å². The Hall–Kier alpha value is -6.18. The maximum Gasteiger partial charge on any atom is 0.417 e. The Morgan fingerprint density at radius 1 is 0.612 bits per heavy atom. The molecule has 2 fully saturated rings. The molecule has 3 N–H and O–H groups in total. The highest BCUT2D eigenvalue weighted by Crippen LogP contribution is 2.34. The first-order valence-corrected chi connectivity index (χ1v) is 22.2. The average molecular weight is 1000 g/mol. The van der Waals surface area contributed by atoms with Gasteiger partial charge in [-0.3, -0.25) is 0 Å². The Kier molecular flexibility index (Phi) is 17.3. The first-order valence-electron chi connectivity index (χ1n) is 21.4. The summed E-state index contributed by atoms with van der Waals surface area (Å²) in [5.41, 5.74) is 3.07. The van der Waals surface area contributed by atoms with E-state index in [-0.39, 0.29) is 37.2 Å². The number of pyridine rings is 4. The number of rotatable bonds is 12. The van der Waals surface area contributed by atoms with Gasteiger partial charge < -0.3 is 39.3 Å². The number of aryl methyl sites for hydroxylation is 2. The van der Waals surface area contributed by atoms with Crippen molar-refractivity contribution < 1.29 is 55.9 Å². The maximum atomic E-state index is 12.7. The van der Waals surface area contributed by atoms with E-state index in [1.807, 2.05) is 78.2 Å². The predicted molar refractivity (Wildman–Crippen MR) is 242 cm³/mol. The number of para-hydroxylation sites is 2. The lowest BCUT2D eigenvalue weighted by Gasteiger charge is -2.21. The van der Waals surface area contributed by atoms with Crippen LogP contribution < -0.4 is 24.0 Å². The molecule has 2 saturated heterocycles. The number of alkyl halides is 6. The number of hydrogen-bond acceptors (Lipinski definition) is 12. The van der Waals surface area contributed by atoms with E-state index >= 15 is 0 Å². The molecule has 0 aliphatic carbocycles. The maximum absolute atomic E-state index is 12.7. The summed E-state index contributed by atoms with van der Waals surface area (Å²) < 4.78 is 93.8. The summed E-state index contributed by atoms with van der Waals surface area (Å²) in [7, 11) is 0. The van der Waals surface area contributed by atoms with Crippen molar-refractivity contribution in [1.29, 1.82) is 0 Å². The lowest BCUT2D eigenvalue weighted by molar-refractivity contribution is -0.138. The third-order valence-electron chi connectivity index (χ3n) is 10.8. The Bertz CT molecular complexity index is 2520. The Morgan fingerprint density at radius 2 is 1.09 bits per heavy atom. The summed E-state index contributed by atoms with van der Waals surface area (Å²) in [5, 5.41) is 28.4. The number of ether oxygens (including phenoxy) is 3. The summed E-state index contributed by atoms with van der Waals surface area (Å²) in [6, 6.07) is 26.7. The van der Waals surface area contributed by atoms with E-state index in [0.717, 1.165) is 65.6 Å². The molecule has 67 heavy (non-hydrogen) atoms. The molecule has 6 aromatic rings. The summed E-state index contributed by atoms with van der Waals surface area (Å²) >= 11 is 3.27. The number of hydrogen-bond donors (Lipinski definition) is 3. The van der Waals surface area contributed by atoms with Crippen LogP contribution in [0.2, 0.25) is 0 Å². The molecule has 2 aliphatic heterocycles. The molecule has 8 rings (SSSR count). The van der Waals surface area contributed by atoms with Crippen molar-refractivity contribution in [2.75, 3.05) is 36.0 Å². The Labute approximate surface area is 392 Å². The minimum absolute atomic E-state index is 0.147. The van der Waals surface area contributed by atoms with Gasteiger partial charge in [-0.1, -0.05) is 50.2 Å². The van der Waals surface area contributed by atoms with Gasteiger partial charge in [-0.2, -0.15) is 26.3 Å². The minimum atomic E-state index is -4.43. The van der Waals surface area contributed by atoms with Crippen LogP contribution in [-0.2, 0) is 38.4 Å². The highest BCUT2D eigenvalue weighted by Gasteiger charge is 2.33. The van der Waals surface area contributed by atoms with E-state index in [0.29, 0.717) is 66.6 Å². The van der Waals surface area contributed by atoms with E-state index in [1.54, 1.807) is 18.2 Å². The fourth-order valence-electron chi connectivity index (χ4n) is 7.29. The molecule has 2 aromatic carbocycles. The van der Waals surface area contributed by atoms with Gasteiger partial charge in [-0.05, 0) is 82.4 Å². The van der Waals surface area contributed by atoms with Crippen LogP contribution in [0.25, 0.3) is 0 Å². The highest BCUT2D eigenvalue weighted by atomic mass is 79.9. The summed E-state index contributed by atoms with van der Waals surface area (Å²) in [6.07, 6.45) is -4.66. The van der Waals surface area contributed by atoms with Crippen molar-refractivity contribution in [3.63, 3.8) is 0 Å². The first-order chi connectivity index (χ1) is 32.1. The third-order valence-corrected chi connectivity index (χ3v) is 11.2. The largest absolute Gasteiger partial charge is 0.508 e. The van der Waals surface area contributed by atoms with Crippen LogP contribution in [0.4, 0.5) is 37.7 Å². The molecule has 6 heterocycles. The fraction of sp³-hybridized carbons (Fsp3) is 0.333. The molecular weight excluding hydrogens is 950 g/mol. The number of aliphatic hydroxyl groups excluding tert-OH is 2. The molecule has 0 amide bonds. The molecule has 0 radical (unpaired) electrons. The number of nitrogens with zero attached hydrogens (tertiary/aromatic N) is 6. The summed E-state index contributed by atoms with van der Waals surface area (Å²) in [5.74, 6) is 1.83.